The van der Waals surface area contributed by atoms with Crippen molar-refractivity contribution in [1.82, 2.24) is 20.4 Å². The van der Waals surface area contributed by atoms with Crippen molar-refractivity contribution in [2.24, 2.45) is 0 Å². The first-order valence-electron chi connectivity index (χ1n) is 8.90. The normalized spacial score (nSPS) is 18.3. The number of carbonyl (C=O) groups is 5. The maximum Gasteiger partial charge on any atom is 0.326 e. The first-order valence-corrected chi connectivity index (χ1v) is 8.90. The predicted octanol–water partition coefficient (Wildman–Crippen LogP) is -0.490. The molecule has 10 nitrogen and oxygen atoms in total. The molecular formula is C19H24N4O6. The van der Waals surface area contributed by atoms with Gasteiger partial charge in [-0.2, -0.15) is 0 Å². The zero-order chi connectivity index (χ0) is 21.8. The number of amides is 5. The lowest BCUT2D eigenvalue weighted by molar-refractivity contribution is -0.153. The molecule has 1 aliphatic rings. The van der Waals surface area contributed by atoms with Gasteiger partial charge in [0, 0.05) is 14.1 Å². The third kappa shape index (κ3) is 4.89. The zero-order valence-electron chi connectivity index (χ0n) is 16.8. The van der Waals surface area contributed by atoms with Crippen molar-refractivity contribution in [3.8, 4) is 0 Å². The molecule has 0 bridgehead atoms. The van der Waals surface area contributed by atoms with Gasteiger partial charge in [-0.1, -0.05) is 29.8 Å². The molecule has 0 spiro atoms. The van der Waals surface area contributed by atoms with Crippen LogP contribution >= 0.6 is 0 Å². The van der Waals surface area contributed by atoms with Gasteiger partial charge in [0.05, 0.1) is 6.54 Å². The highest BCUT2D eigenvalue weighted by molar-refractivity contribution is 6.08. The summed E-state index contributed by atoms with van der Waals surface area (Å²) in [5.74, 6) is -2.47. The number of imide groups is 1. The quantitative estimate of drug-likeness (QED) is 0.467. The van der Waals surface area contributed by atoms with Crippen molar-refractivity contribution >= 4 is 29.7 Å². The zero-order valence-corrected chi connectivity index (χ0v) is 16.8. The number of nitrogens with one attached hydrogen (secondary N) is 2. The molecule has 0 radical (unpaired) electrons. The summed E-state index contributed by atoms with van der Waals surface area (Å²) in [7, 11) is 2.82. The number of esters is 1. The molecule has 1 heterocycles. The molecule has 0 aromatic heterocycles. The Kier molecular flexibility index (Phi) is 6.57. The Bertz CT molecular complexity index is 838. The van der Waals surface area contributed by atoms with Gasteiger partial charge in [-0.25, -0.2) is 4.79 Å². The number of hydrogen-bond acceptors (Lipinski definition) is 6. The van der Waals surface area contributed by atoms with E-state index in [4.69, 9.17) is 4.74 Å². The number of benzene rings is 1. The second-order valence-electron chi connectivity index (χ2n) is 6.90. The number of hydrogen-bond donors (Lipinski definition) is 2. The number of ether oxygens (including phenoxy) is 1. The summed E-state index contributed by atoms with van der Waals surface area (Å²) >= 11 is 0. The summed E-state index contributed by atoms with van der Waals surface area (Å²) in [6.45, 7) is 2.04. The minimum absolute atomic E-state index is 0.186. The number of likely N-dealkylation sites (N-methyl/N-ethyl adjacent to an activating group) is 2. The molecule has 0 unspecified atom stereocenters. The van der Waals surface area contributed by atoms with Crippen LogP contribution in [0.1, 0.15) is 18.1 Å². The molecule has 2 N–H and O–H groups in total. The van der Waals surface area contributed by atoms with E-state index in [9.17, 15) is 24.0 Å². The SMILES string of the molecule is CNC(=O)CN(C)C(=O)COC(=O)CN1C(=O)N[C@@](C)(c2ccc(C)cc2)C1=O. The highest BCUT2D eigenvalue weighted by atomic mass is 16.5. The van der Waals surface area contributed by atoms with Gasteiger partial charge in [0.25, 0.3) is 11.8 Å². The Morgan fingerprint density at radius 2 is 1.83 bits per heavy atom. The second-order valence-corrected chi connectivity index (χ2v) is 6.90. The minimum atomic E-state index is -1.30. The molecule has 10 heteroatoms. The molecule has 0 aliphatic carbocycles. The molecule has 1 saturated heterocycles. The largest absolute Gasteiger partial charge is 0.454 e. The molecule has 156 valence electrons. The average Bonchev–Trinajstić information content (AvgIpc) is 2.90. The van der Waals surface area contributed by atoms with E-state index in [1.807, 2.05) is 19.1 Å². The van der Waals surface area contributed by atoms with Gasteiger partial charge < -0.3 is 20.3 Å². The van der Waals surface area contributed by atoms with Crippen LogP contribution in [0.5, 0.6) is 0 Å². The molecule has 5 amide bonds. The summed E-state index contributed by atoms with van der Waals surface area (Å²) in [5, 5.41) is 4.96. The minimum Gasteiger partial charge on any atom is -0.454 e. The van der Waals surface area contributed by atoms with Crippen LogP contribution in [-0.2, 0) is 29.5 Å². The smallest absolute Gasteiger partial charge is 0.326 e. The standard InChI is InChI=1S/C19H24N4O6/c1-12-5-7-13(8-6-12)19(2)17(27)23(18(28)21-19)10-16(26)29-11-15(25)22(4)9-14(24)20-3/h5-8H,9-11H2,1-4H3,(H,20,24)(H,21,28)/t19-/m0/s1. The van der Waals surface area contributed by atoms with Gasteiger partial charge in [0.1, 0.15) is 12.1 Å². The van der Waals surface area contributed by atoms with E-state index in [2.05, 4.69) is 10.6 Å². The summed E-state index contributed by atoms with van der Waals surface area (Å²) in [4.78, 5) is 62.1. The van der Waals surface area contributed by atoms with Crippen molar-refractivity contribution in [3.63, 3.8) is 0 Å². The Morgan fingerprint density at radius 1 is 1.21 bits per heavy atom. The van der Waals surface area contributed by atoms with E-state index in [-0.39, 0.29) is 12.5 Å². The van der Waals surface area contributed by atoms with Gasteiger partial charge in [-0.15, -0.1) is 0 Å². The fourth-order valence-corrected chi connectivity index (χ4v) is 2.73. The summed E-state index contributed by atoms with van der Waals surface area (Å²) in [5.41, 5.74) is 0.290. The highest BCUT2D eigenvalue weighted by Crippen LogP contribution is 2.28. The third-order valence-electron chi connectivity index (χ3n) is 4.63. The molecule has 1 fully saturated rings. The molecule has 1 aliphatic heterocycles. The topological polar surface area (TPSA) is 125 Å². The van der Waals surface area contributed by atoms with Crippen molar-refractivity contribution in [1.29, 1.82) is 0 Å². The maximum absolute atomic E-state index is 12.8. The summed E-state index contributed by atoms with van der Waals surface area (Å²) < 4.78 is 4.85. The van der Waals surface area contributed by atoms with E-state index in [0.29, 0.717) is 5.56 Å². The first kappa shape index (κ1) is 21.9. The molecule has 1 aromatic carbocycles. The number of aryl methyl sites for hydroxylation is 1. The van der Waals surface area contributed by atoms with Crippen LogP contribution in [0.4, 0.5) is 4.79 Å². The molecular weight excluding hydrogens is 380 g/mol. The Hall–Kier alpha value is -3.43. The molecule has 1 aromatic rings. The van der Waals surface area contributed by atoms with Crippen LogP contribution in [0.2, 0.25) is 0 Å². The predicted molar refractivity (Wildman–Crippen MR) is 101 cm³/mol. The van der Waals surface area contributed by atoms with E-state index in [0.717, 1.165) is 15.4 Å². The van der Waals surface area contributed by atoms with Crippen LogP contribution < -0.4 is 10.6 Å². The number of nitrogens with zero attached hydrogens (tertiary/aromatic N) is 2. The Morgan fingerprint density at radius 3 is 2.41 bits per heavy atom. The van der Waals surface area contributed by atoms with Crippen LogP contribution in [0.3, 0.4) is 0 Å². The second kappa shape index (κ2) is 8.72. The van der Waals surface area contributed by atoms with Crippen molar-refractivity contribution in [2.75, 3.05) is 33.8 Å². The molecule has 29 heavy (non-hydrogen) atoms. The van der Waals surface area contributed by atoms with Gasteiger partial charge in [0.2, 0.25) is 5.91 Å². The fourth-order valence-electron chi connectivity index (χ4n) is 2.73. The van der Waals surface area contributed by atoms with Crippen LogP contribution in [-0.4, -0.2) is 73.3 Å². The van der Waals surface area contributed by atoms with E-state index < -0.39 is 42.5 Å². The number of carbonyl (C=O) groups excluding carboxylic acids is 5. The van der Waals surface area contributed by atoms with Crippen molar-refractivity contribution < 1.29 is 28.7 Å². The first-order chi connectivity index (χ1) is 13.6. The van der Waals surface area contributed by atoms with E-state index in [1.54, 1.807) is 19.1 Å². The van der Waals surface area contributed by atoms with Crippen LogP contribution in [0, 0.1) is 6.92 Å². The monoisotopic (exact) mass is 404 g/mol. The number of rotatable bonds is 7. The lowest BCUT2D eigenvalue weighted by Gasteiger charge is -2.22. The Balaban J connectivity index is 1.96. The summed E-state index contributed by atoms with van der Waals surface area (Å²) in [6.07, 6.45) is 0. The lowest BCUT2D eigenvalue weighted by Crippen LogP contribution is -2.42. The average molecular weight is 404 g/mol. The molecule has 0 saturated carbocycles. The van der Waals surface area contributed by atoms with Gasteiger partial charge in [-0.3, -0.25) is 24.1 Å². The number of urea groups is 1. The van der Waals surface area contributed by atoms with E-state index >= 15 is 0 Å². The van der Waals surface area contributed by atoms with Crippen LogP contribution in [0.15, 0.2) is 24.3 Å². The van der Waals surface area contributed by atoms with Gasteiger partial charge in [0.15, 0.2) is 6.61 Å². The van der Waals surface area contributed by atoms with Gasteiger partial charge in [-0.05, 0) is 19.4 Å². The van der Waals surface area contributed by atoms with Gasteiger partial charge >= 0.3 is 12.0 Å². The lowest BCUT2D eigenvalue weighted by atomic mass is 9.91. The maximum atomic E-state index is 12.8. The third-order valence-corrected chi connectivity index (χ3v) is 4.63. The summed E-state index contributed by atoms with van der Waals surface area (Å²) in [6, 6.07) is 6.38. The van der Waals surface area contributed by atoms with Crippen molar-refractivity contribution in [3.05, 3.63) is 35.4 Å². The highest BCUT2D eigenvalue weighted by Gasteiger charge is 2.49. The molecule has 1 atom stereocenters. The Labute approximate surface area is 168 Å². The molecule has 2 rings (SSSR count). The van der Waals surface area contributed by atoms with Crippen LogP contribution in [0.25, 0.3) is 0 Å². The fraction of sp³-hybridized carbons (Fsp3) is 0.421. The van der Waals surface area contributed by atoms with E-state index in [1.165, 1.54) is 14.1 Å². The van der Waals surface area contributed by atoms with Crippen molar-refractivity contribution in [2.45, 2.75) is 19.4 Å².